The molecule has 3 rings (SSSR count). The first-order valence-corrected chi connectivity index (χ1v) is 11.8. The number of hydrogen-bond donors (Lipinski definition) is 1. The summed E-state index contributed by atoms with van der Waals surface area (Å²) in [5, 5.41) is 10.4. The lowest BCUT2D eigenvalue weighted by Gasteiger charge is -2.32. The topological polar surface area (TPSA) is 94.5 Å². The Morgan fingerprint density at radius 1 is 1.17 bits per heavy atom. The van der Waals surface area contributed by atoms with Gasteiger partial charge in [0.25, 0.3) is 5.91 Å². The van der Waals surface area contributed by atoms with Gasteiger partial charge in [-0.05, 0) is 31.2 Å². The number of carbonyl (C=O) groups is 2. The van der Waals surface area contributed by atoms with Gasteiger partial charge in [-0.1, -0.05) is 37.6 Å². The van der Waals surface area contributed by atoms with Crippen LogP contribution in [0.2, 0.25) is 5.02 Å². The van der Waals surface area contributed by atoms with Crippen LogP contribution >= 0.6 is 11.6 Å². The highest BCUT2D eigenvalue weighted by Gasteiger charge is 2.40. The number of carbonyl (C=O) groups excluding carboxylic acids is 2. The fourth-order valence-corrected chi connectivity index (χ4v) is 4.26. The Kier molecular flexibility index (Phi) is 8.64. The molecule has 2 aromatic rings. The number of ether oxygens (including phenoxy) is 4. The third kappa shape index (κ3) is 5.89. The largest absolute Gasteiger partial charge is 0.493 e. The Morgan fingerprint density at radius 3 is 2.54 bits per heavy atom. The summed E-state index contributed by atoms with van der Waals surface area (Å²) in [5.74, 6) is -0.0227. The zero-order valence-corrected chi connectivity index (χ0v) is 21.4. The van der Waals surface area contributed by atoms with Crippen LogP contribution in [0.25, 0.3) is 0 Å². The molecule has 0 bridgehead atoms. The summed E-state index contributed by atoms with van der Waals surface area (Å²) in [5.41, 5.74) is 1.19. The number of fused-ring (bicyclic) bond motifs is 1. The molecule has 1 N–H and O–H groups in total. The normalized spacial score (nSPS) is 18.0. The third-order valence-electron chi connectivity index (χ3n) is 5.79. The van der Waals surface area contributed by atoms with Crippen molar-refractivity contribution in [3.63, 3.8) is 0 Å². The number of aliphatic hydroxyl groups is 1. The van der Waals surface area contributed by atoms with Crippen molar-refractivity contribution in [3.8, 4) is 11.5 Å². The maximum Gasteiger partial charge on any atom is 0.308 e. The number of benzene rings is 2. The Bertz CT molecular complexity index is 1070. The van der Waals surface area contributed by atoms with Gasteiger partial charge in [-0.25, -0.2) is 0 Å². The lowest BCUT2D eigenvalue weighted by Crippen LogP contribution is -2.46. The van der Waals surface area contributed by atoms with E-state index < -0.39 is 29.5 Å². The molecule has 0 saturated heterocycles. The molecule has 1 amide bonds. The number of amides is 1. The summed E-state index contributed by atoms with van der Waals surface area (Å²) in [4.78, 5) is 27.8. The zero-order valence-electron chi connectivity index (χ0n) is 20.7. The number of anilines is 1. The molecule has 0 radical (unpaired) electrons. The van der Waals surface area contributed by atoms with Gasteiger partial charge in [-0.3, -0.25) is 9.59 Å². The molecular formula is C26H32ClNO7. The first kappa shape index (κ1) is 26.8. The molecule has 0 unspecified atom stereocenters. The van der Waals surface area contributed by atoms with Crippen molar-refractivity contribution in [2.24, 2.45) is 5.41 Å². The Morgan fingerprint density at radius 2 is 1.91 bits per heavy atom. The van der Waals surface area contributed by atoms with E-state index in [2.05, 4.69) is 0 Å². The fourth-order valence-electron chi connectivity index (χ4n) is 4.08. The van der Waals surface area contributed by atoms with Crippen molar-refractivity contribution >= 4 is 29.2 Å². The monoisotopic (exact) mass is 505 g/mol. The average molecular weight is 506 g/mol. The summed E-state index contributed by atoms with van der Waals surface area (Å²) < 4.78 is 22.6. The minimum absolute atomic E-state index is 0.143. The van der Waals surface area contributed by atoms with Crippen LogP contribution in [-0.4, -0.2) is 57.1 Å². The number of aliphatic hydroxyl groups excluding tert-OH is 1. The van der Waals surface area contributed by atoms with E-state index in [0.29, 0.717) is 33.3 Å². The van der Waals surface area contributed by atoms with Crippen LogP contribution in [0.15, 0.2) is 36.4 Å². The molecule has 1 aliphatic rings. The number of esters is 1. The highest BCUT2D eigenvalue weighted by molar-refractivity contribution is 6.30. The predicted molar refractivity (Wildman–Crippen MR) is 132 cm³/mol. The second-order valence-corrected chi connectivity index (χ2v) is 9.48. The van der Waals surface area contributed by atoms with Crippen LogP contribution < -0.4 is 14.4 Å². The van der Waals surface area contributed by atoms with Crippen molar-refractivity contribution in [2.75, 3.05) is 38.9 Å². The number of methoxy groups -OCH3 is 2. The molecule has 1 aliphatic heterocycles. The van der Waals surface area contributed by atoms with Gasteiger partial charge in [0.05, 0.1) is 27.2 Å². The number of hydrogen-bond acceptors (Lipinski definition) is 7. The molecule has 2 atom stereocenters. The summed E-state index contributed by atoms with van der Waals surface area (Å²) in [6, 6.07) is 10.5. The number of nitrogens with zero attached hydrogens (tertiary/aromatic N) is 1. The van der Waals surface area contributed by atoms with E-state index in [1.807, 2.05) is 19.9 Å². The second kappa shape index (κ2) is 11.3. The van der Waals surface area contributed by atoms with Crippen molar-refractivity contribution in [1.82, 2.24) is 0 Å². The van der Waals surface area contributed by atoms with E-state index in [0.717, 1.165) is 0 Å². The number of halogens is 1. The molecule has 0 aromatic heterocycles. The van der Waals surface area contributed by atoms with Gasteiger partial charge in [0, 0.05) is 40.4 Å². The van der Waals surface area contributed by atoms with Gasteiger partial charge >= 0.3 is 5.97 Å². The average Bonchev–Trinajstić information content (AvgIpc) is 2.93. The molecule has 190 valence electrons. The molecule has 8 nitrogen and oxygen atoms in total. The Balaban J connectivity index is 2.23. The van der Waals surface area contributed by atoms with Crippen molar-refractivity contribution in [1.29, 1.82) is 0 Å². The molecule has 0 aliphatic carbocycles. The number of para-hydroxylation sites is 1. The van der Waals surface area contributed by atoms with Crippen molar-refractivity contribution in [2.45, 2.75) is 39.4 Å². The van der Waals surface area contributed by atoms with Crippen LogP contribution in [0, 0.1) is 5.41 Å². The predicted octanol–water partition coefficient (Wildman–Crippen LogP) is 4.15. The molecule has 0 fully saturated rings. The van der Waals surface area contributed by atoms with E-state index in [4.69, 9.17) is 30.5 Å². The van der Waals surface area contributed by atoms with Crippen molar-refractivity contribution in [3.05, 3.63) is 52.5 Å². The minimum atomic E-state index is -1.14. The molecule has 0 saturated carbocycles. The summed E-state index contributed by atoms with van der Waals surface area (Å²) in [6.45, 7) is 5.64. The summed E-state index contributed by atoms with van der Waals surface area (Å²) >= 11 is 6.39. The van der Waals surface area contributed by atoms with E-state index in [1.54, 1.807) is 42.2 Å². The Hall–Kier alpha value is -2.81. The molecule has 2 aromatic carbocycles. The molecule has 1 heterocycles. The van der Waals surface area contributed by atoms with Crippen LogP contribution in [0.3, 0.4) is 0 Å². The van der Waals surface area contributed by atoms with Crippen LogP contribution in [0.1, 0.15) is 44.4 Å². The van der Waals surface area contributed by atoms with Gasteiger partial charge in [-0.15, -0.1) is 0 Å². The minimum Gasteiger partial charge on any atom is -0.493 e. The smallest absolute Gasteiger partial charge is 0.308 e. The second-order valence-electron chi connectivity index (χ2n) is 9.05. The quantitative estimate of drug-likeness (QED) is 0.511. The maximum absolute atomic E-state index is 13.8. The maximum atomic E-state index is 13.8. The molecule has 35 heavy (non-hydrogen) atoms. The Labute approximate surface area is 210 Å². The third-order valence-corrected chi connectivity index (χ3v) is 6.03. The molecular weight excluding hydrogens is 474 g/mol. The highest BCUT2D eigenvalue weighted by atomic mass is 35.5. The van der Waals surface area contributed by atoms with Gasteiger partial charge in [0.2, 0.25) is 0 Å². The van der Waals surface area contributed by atoms with E-state index >= 15 is 0 Å². The van der Waals surface area contributed by atoms with E-state index in [-0.39, 0.29) is 26.2 Å². The van der Waals surface area contributed by atoms with E-state index in [1.165, 1.54) is 14.2 Å². The molecule has 9 heteroatoms. The van der Waals surface area contributed by atoms with Gasteiger partial charge in [0.1, 0.15) is 12.2 Å². The van der Waals surface area contributed by atoms with Gasteiger partial charge in [-0.2, -0.15) is 0 Å². The van der Waals surface area contributed by atoms with Crippen LogP contribution in [-0.2, 0) is 19.1 Å². The summed E-state index contributed by atoms with van der Waals surface area (Å²) in [7, 11) is 3.06. The lowest BCUT2D eigenvalue weighted by molar-refractivity contribution is -0.151. The van der Waals surface area contributed by atoms with Gasteiger partial charge in [0.15, 0.2) is 11.5 Å². The first-order chi connectivity index (χ1) is 16.6. The zero-order chi connectivity index (χ0) is 25.8. The standard InChI is InChI=1S/C26H32ClNO7/c1-6-34-22(30)13-21-25(31)28(14-26(2,3)15-29)19-11-10-16(27)12-18(19)23(35-21)17-8-7-9-20(32-4)24(17)33-5/h7-12,21,23,29H,6,13-15H2,1-5H3/t21-,23-/m1/s1. The van der Waals surface area contributed by atoms with Crippen LogP contribution in [0.4, 0.5) is 5.69 Å². The van der Waals surface area contributed by atoms with E-state index in [9.17, 15) is 14.7 Å². The van der Waals surface area contributed by atoms with Crippen LogP contribution in [0.5, 0.6) is 11.5 Å². The SMILES string of the molecule is CCOC(=O)C[C@H]1O[C@H](c2cccc(OC)c2OC)c2cc(Cl)ccc2N(CC(C)(C)CO)C1=O. The highest BCUT2D eigenvalue weighted by Crippen LogP contribution is 2.45. The molecule has 0 spiro atoms. The fraction of sp³-hybridized carbons (Fsp3) is 0.462. The first-order valence-electron chi connectivity index (χ1n) is 11.4. The van der Waals surface area contributed by atoms with Gasteiger partial charge < -0.3 is 29.0 Å². The summed E-state index contributed by atoms with van der Waals surface area (Å²) in [6.07, 6.45) is -2.22. The number of rotatable bonds is 9. The lowest BCUT2D eigenvalue weighted by atomic mass is 9.92. The van der Waals surface area contributed by atoms with Crippen molar-refractivity contribution < 1.29 is 33.6 Å².